The molecule has 1 aliphatic rings. The van der Waals surface area contributed by atoms with Crippen molar-refractivity contribution in [1.29, 1.82) is 0 Å². The second-order valence-electron chi connectivity index (χ2n) is 7.09. The predicted octanol–water partition coefficient (Wildman–Crippen LogP) is 4.10. The monoisotopic (exact) mass is 338 g/mol. The van der Waals surface area contributed by atoms with E-state index in [9.17, 15) is 9.50 Å². The number of benzene rings is 2. The molecular weight excluding hydrogens is 315 g/mol. The van der Waals surface area contributed by atoms with Crippen molar-refractivity contribution in [2.45, 2.75) is 31.9 Å². The van der Waals surface area contributed by atoms with E-state index in [0.717, 1.165) is 25.2 Å². The van der Waals surface area contributed by atoms with Gasteiger partial charge in [0.05, 0.1) is 5.60 Å². The zero-order valence-electron chi connectivity index (χ0n) is 14.4. The Bertz CT molecular complexity index is 877. The summed E-state index contributed by atoms with van der Waals surface area (Å²) in [5, 5.41) is 12.2. The minimum Gasteiger partial charge on any atom is -0.385 e. The number of fused-ring (bicyclic) bond motifs is 1. The molecule has 3 aromatic rings. The first-order valence-electron chi connectivity index (χ1n) is 8.82. The van der Waals surface area contributed by atoms with E-state index in [4.69, 9.17) is 0 Å². The van der Waals surface area contributed by atoms with Crippen LogP contribution in [0, 0.1) is 12.7 Å². The maximum Gasteiger partial charge on any atom is 0.123 e. The van der Waals surface area contributed by atoms with Crippen LogP contribution in [0.15, 0.2) is 48.5 Å². The number of aryl methyl sites for hydroxylation is 1. The van der Waals surface area contributed by atoms with Crippen molar-refractivity contribution in [3.8, 4) is 0 Å². The summed E-state index contributed by atoms with van der Waals surface area (Å²) in [6, 6.07) is 14.6. The van der Waals surface area contributed by atoms with Crippen molar-refractivity contribution >= 4 is 10.9 Å². The van der Waals surface area contributed by atoms with Crippen LogP contribution in [0.25, 0.3) is 10.9 Å². The molecule has 1 saturated heterocycles. The average molecular weight is 338 g/mol. The summed E-state index contributed by atoms with van der Waals surface area (Å²) < 4.78 is 13.1. The fraction of sp³-hybridized carbons (Fsp3) is 0.333. The third-order valence-electron chi connectivity index (χ3n) is 5.52. The summed E-state index contributed by atoms with van der Waals surface area (Å²) in [5.74, 6) is -0.265. The molecule has 1 fully saturated rings. The lowest BCUT2D eigenvalue weighted by Gasteiger charge is -2.38. The highest BCUT2D eigenvalue weighted by molar-refractivity contribution is 5.84. The van der Waals surface area contributed by atoms with Crippen LogP contribution < -0.4 is 0 Å². The van der Waals surface area contributed by atoms with Gasteiger partial charge in [0.1, 0.15) is 5.82 Å². The number of piperidine rings is 1. The maximum atomic E-state index is 13.1. The van der Waals surface area contributed by atoms with Crippen LogP contribution in [0.5, 0.6) is 0 Å². The Morgan fingerprint density at radius 3 is 2.44 bits per heavy atom. The van der Waals surface area contributed by atoms with Crippen LogP contribution in [-0.4, -0.2) is 28.1 Å². The van der Waals surface area contributed by atoms with Crippen LogP contribution in [0.4, 0.5) is 4.39 Å². The molecule has 3 nitrogen and oxygen atoms in total. The van der Waals surface area contributed by atoms with Crippen LogP contribution in [-0.2, 0) is 12.1 Å². The Morgan fingerprint density at radius 1 is 1.08 bits per heavy atom. The number of nitrogens with zero attached hydrogens (tertiary/aromatic N) is 1. The van der Waals surface area contributed by atoms with Crippen molar-refractivity contribution in [3.63, 3.8) is 0 Å². The van der Waals surface area contributed by atoms with Gasteiger partial charge in [0.25, 0.3) is 0 Å². The third kappa shape index (κ3) is 3.08. The Hall–Kier alpha value is -2.17. The largest absolute Gasteiger partial charge is 0.385 e. The van der Waals surface area contributed by atoms with E-state index in [1.807, 2.05) is 6.07 Å². The fourth-order valence-electron chi connectivity index (χ4n) is 3.85. The van der Waals surface area contributed by atoms with Crippen molar-refractivity contribution < 1.29 is 9.50 Å². The first kappa shape index (κ1) is 16.3. The lowest BCUT2D eigenvalue weighted by molar-refractivity contribution is -0.0280. The number of H-pyrrole nitrogens is 1. The predicted molar refractivity (Wildman–Crippen MR) is 97.8 cm³/mol. The quantitative estimate of drug-likeness (QED) is 0.755. The van der Waals surface area contributed by atoms with Gasteiger partial charge in [0.2, 0.25) is 0 Å². The van der Waals surface area contributed by atoms with E-state index in [1.165, 1.54) is 34.3 Å². The van der Waals surface area contributed by atoms with Gasteiger partial charge >= 0.3 is 0 Å². The number of aliphatic hydroxyl groups is 1. The van der Waals surface area contributed by atoms with Gasteiger partial charge in [0, 0.05) is 36.2 Å². The lowest BCUT2D eigenvalue weighted by Crippen LogP contribution is -2.42. The minimum absolute atomic E-state index is 0.265. The average Bonchev–Trinajstić information content (AvgIpc) is 2.94. The smallest absolute Gasteiger partial charge is 0.123 e. The molecule has 0 atom stereocenters. The van der Waals surface area contributed by atoms with E-state index in [1.54, 1.807) is 12.1 Å². The van der Waals surface area contributed by atoms with E-state index in [0.29, 0.717) is 12.8 Å². The van der Waals surface area contributed by atoms with E-state index < -0.39 is 5.60 Å². The van der Waals surface area contributed by atoms with Crippen molar-refractivity contribution in [1.82, 2.24) is 9.88 Å². The number of likely N-dealkylation sites (tertiary alicyclic amines) is 1. The Morgan fingerprint density at radius 2 is 1.76 bits per heavy atom. The number of rotatable bonds is 3. The zero-order chi connectivity index (χ0) is 17.4. The highest BCUT2D eigenvalue weighted by atomic mass is 19.1. The molecule has 4 rings (SSSR count). The number of hydrogen-bond donors (Lipinski definition) is 2. The summed E-state index contributed by atoms with van der Waals surface area (Å²) in [5.41, 5.74) is 3.69. The molecule has 130 valence electrons. The molecule has 0 amide bonds. The molecule has 0 spiro atoms. The molecule has 2 N–H and O–H groups in total. The van der Waals surface area contributed by atoms with Crippen molar-refractivity contribution in [3.05, 3.63) is 71.2 Å². The molecule has 0 bridgehead atoms. The lowest BCUT2D eigenvalue weighted by atomic mass is 9.84. The second kappa shape index (κ2) is 6.28. The van der Waals surface area contributed by atoms with Crippen molar-refractivity contribution in [2.75, 3.05) is 13.1 Å². The summed E-state index contributed by atoms with van der Waals surface area (Å²) in [7, 11) is 0. The molecule has 0 aliphatic carbocycles. The highest BCUT2D eigenvalue weighted by Gasteiger charge is 2.34. The Balaban J connectivity index is 1.46. The molecule has 25 heavy (non-hydrogen) atoms. The number of aromatic amines is 1. The van der Waals surface area contributed by atoms with Gasteiger partial charge < -0.3 is 10.1 Å². The first-order chi connectivity index (χ1) is 12.0. The van der Waals surface area contributed by atoms with Gasteiger partial charge in [-0.2, -0.15) is 0 Å². The van der Waals surface area contributed by atoms with Crippen molar-refractivity contribution in [2.24, 2.45) is 0 Å². The number of aromatic nitrogens is 1. The van der Waals surface area contributed by atoms with E-state index in [2.05, 4.69) is 35.0 Å². The maximum absolute atomic E-state index is 13.1. The molecule has 4 heteroatoms. The third-order valence-corrected chi connectivity index (χ3v) is 5.52. The number of halogens is 1. The second-order valence-corrected chi connectivity index (χ2v) is 7.09. The first-order valence-corrected chi connectivity index (χ1v) is 8.82. The van der Waals surface area contributed by atoms with Gasteiger partial charge in [-0.25, -0.2) is 4.39 Å². The van der Waals surface area contributed by atoms with Gasteiger partial charge in [0.15, 0.2) is 0 Å². The van der Waals surface area contributed by atoms with Gasteiger partial charge in [-0.3, -0.25) is 4.90 Å². The zero-order valence-corrected chi connectivity index (χ0v) is 14.4. The van der Waals surface area contributed by atoms with Gasteiger partial charge in [-0.05, 0) is 49.1 Å². The summed E-state index contributed by atoms with van der Waals surface area (Å²) in [6.07, 6.45) is 1.33. The molecule has 2 heterocycles. The van der Waals surface area contributed by atoms with Crippen LogP contribution in [0.1, 0.15) is 29.7 Å². The Kier molecular flexibility index (Phi) is 4.10. The molecule has 0 radical (unpaired) electrons. The van der Waals surface area contributed by atoms with Gasteiger partial charge in [-0.15, -0.1) is 0 Å². The van der Waals surface area contributed by atoms with Crippen LogP contribution in [0.3, 0.4) is 0 Å². The number of para-hydroxylation sites is 1. The van der Waals surface area contributed by atoms with E-state index in [-0.39, 0.29) is 5.82 Å². The van der Waals surface area contributed by atoms with Crippen LogP contribution in [0.2, 0.25) is 0 Å². The van der Waals surface area contributed by atoms with E-state index >= 15 is 0 Å². The standard InChI is InChI=1S/C21H23FN2O/c1-15-18-4-2-3-5-19(18)23-20(15)14-24-12-10-21(25,11-13-24)16-6-8-17(22)9-7-16/h2-9,23,25H,10-14H2,1H3. The molecule has 0 unspecified atom stereocenters. The fourth-order valence-corrected chi connectivity index (χ4v) is 3.85. The molecule has 1 aliphatic heterocycles. The molecule has 0 saturated carbocycles. The molecule has 1 aromatic heterocycles. The molecular formula is C21H23FN2O. The van der Waals surface area contributed by atoms with Gasteiger partial charge in [-0.1, -0.05) is 30.3 Å². The number of hydrogen-bond acceptors (Lipinski definition) is 2. The SMILES string of the molecule is Cc1c(CN2CCC(O)(c3ccc(F)cc3)CC2)[nH]c2ccccc12. The number of nitrogens with one attached hydrogen (secondary N) is 1. The topological polar surface area (TPSA) is 39.3 Å². The Labute approximate surface area is 147 Å². The van der Waals surface area contributed by atoms with Crippen LogP contribution >= 0.6 is 0 Å². The summed E-state index contributed by atoms with van der Waals surface area (Å²) in [6.45, 7) is 4.67. The summed E-state index contributed by atoms with van der Waals surface area (Å²) >= 11 is 0. The molecule has 2 aromatic carbocycles. The normalized spacial score (nSPS) is 17.9. The highest BCUT2D eigenvalue weighted by Crippen LogP contribution is 2.33. The minimum atomic E-state index is -0.848. The summed E-state index contributed by atoms with van der Waals surface area (Å²) in [4.78, 5) is 5.89.